The van der Waals surface area contributed by atoms with Gasteiger partial charge in [0.05, 0.1) is 10.8 Å². The number of hydrogen-bond acceptors (Lipinski definition) is 6. The summed E-state index contributed by atoms with van der Waals surface area (Å²) < 4.78 is 0. The lowest BCUT2D eigenvalue weighted by atomic mass is 9.70. The summed E-state index contributed by atoms with van der Waals surface area (Å²) in [4.78, 5) is 50.6. The first kappa shape index (κ1) is 35.0. The van der Waals surface area contributed by atoms with Crippen LogP contribution >= 0.6 is 11.3 Å². The number of amides is 2. The first-order valence-electron chi connectivity index (χ1n) is 18.2. The molecule has 1 saturated carbocycles. The van der Waals surface area contributed by atoms with Gasteiger partial charge in [-0.25, -0.2) is 9.97 Å². The second-order valence-electron chi connectivity index (χ2n) is 14.7. The normalized spacial score (nSPS) is 21.9. The maximum Gasteiger partial charge on any atom is 0.310 e. The SMILES string of the molecule is CCCC1CCC(C2CC=C(c3cnc(-c4ccc(C[C@H](NC(=O)c5ccc(C(C)C)s5)C(=O)N5CC(C(=O)O)C5)cc4)nc3)CC2)CC1. The maximum absolute atomic E-state index is 13.5. The Morgan fingerprint density at radius 3 is 2.24 bits per heavy atom. The molecule has 3 aliphatic rings. The number of carbonyl (C=O) groups excluding carboxylic acids is 2. The number of allylic oxidation sites excluding steroid dienone is 2. The molecule has 260 valence electrons. The Balaban J connectivity index is 1.07. The van der Waals surface area contributed by atoms with E-state index < -0.39 is 17.9 Å². The van der Waals surface area contributed by atoms with Gasteiger partial charge in [0.25, 0.3) is 5.91 Å². The van der Waals surface area contributed by atoms with Crippen molar-refractivity contribution >= 4 is 34.7 Å². The van der Waals surface area contributed by atoms with Crippen LogP contribution in [0, 0.1) is 23.7 Å². The third-order valence-corrected chi connectivity index (χ3v) is 12.3. The largest absolute Gasteiger partial charge is 0.481 e. The standard InChI is InChI=1S/C40H50N4O4S/c1-4-5-26-6-10-28(11-7-26)29-14-16-30(17-15-29)32-21-41-37(42-22-32)31-12-8-27(9-13-31)20-34(39(46)44-23-33(24-44)40(47)48)43-38(45)36-19-18-35(49-36)25(2)3/h8-9,12-13,16,18-19,21-22,25-26,28-29,33-34H,4-7,10-11,14-15,17,20,23-24H2,1-3H3,(H,43,45)(H,47,48)/t26?,28?,29?,34-/m0/s1. The summed E-state index contributed by atoms with van der Waals surface area (Å²) in [6, 6.07) is 10.7. The predicted octanol–water partition coefficient (Wildman–Crippen LogP) is 8.00. The van der Waals surface area contributed by atoms with Crippen LogP contribution < -0.4 is 5.32 Å². The van der Waals surface area contributed by atoms with Crippen molar-refractivity contribution in [2.24, 2.45) is 23.7 Å². The Hall–Kier alpha value is -3.85. The van der Waals surface area contributed by atoms with E-state index in [1.165, 1.54) is 66.8 Å². The fourth-order valence-electron chi connectivity index (χ4n) is 7.82. The Morgan fingerprint density at radius 2 is 1.65 bits per heavy atom. The number of aromatic nitrogens is 2. The molecule has 2 aromatic heterocycles. The van der Waals surface area contributed by atoms with Crippen LogP contribution in [0.25, 0.3) is 17.0 Å². The number of carbonyl (C=O) groups is 3. The highest BCUT2D eigenvalue weighted by Crippen LogP contribution is 2.42. The highest BCUT2D eigenvalue weighted by molar-refractivity contribution is 7.14. The van der Waals surface area contributed by atoms with Crippen LogP contribution in [0.5, 0.6) is 0 Å². The Morgan fingerprint density at radius 1 is 0.939 bits per heavy atom. The summed E-state index contributed by atoms with van der Waals surface area (Å²) in [5, 5.41) is 12.2. The summed E-state index contributed by atoms with van der Waals surface area (Å²) in [6.07, 6.45) is 18.5. The molecule has 1 aromatic carbocycles. The molecule has 1 aliphatic heterocycles. The highest BCUT2D eigenvalue weighted by Gasteiger charge is 2.39. The molecule has 6 rings (SSSR count). The second-order valence-corrected chi connectivity index (χ2v) is 15.8. The van der Waals surface area contributed by atoms with Gasteiger partial charge < -0.3 is 15.3 Å². The Kier molecular flexibility index (Phi) is 11.3. The van der Waals surface area contributed by atoms with E-state index in [-0.39, 0.29) is 31.3 Å². The van der Waals surface area contributed by atoms with Crippen molar-refractivity contribution in [2.75, 3.05) is 13.1 Å². The van der Waals surface area contributed by atoms with Crippen LogP contribution in [0.1, 0.15) is 110 Å². The number of carboxylic acids is 1. The van der Waals surface area contributed by atoms with E-state index in [1.54, 1.807) is 6.07 Å². The molecule has 3 heterocycles. The number of nitrogens with zero attached hydrogens (tertiary/aromatic N) is 3. The van der Waals surface area contributed by atoms with Gasteiger partial charge in [-0.05, 0) is 79.0 Å². The maximum atomic E-state index is 13.5. The average Bonchev–Trinajstić information content (AvgIpc) is 3.60. The van der Waals surface area contributed by atoms with Crippen LogP contribution in [0.4, 0.5) is 0 Å². The van der Waals surface area contributed by atoms with Gasteiger partial charge in [-0.2, -0.15) is 0 Å². The molecule has 49 heavy (non-hydrogen) atoms. The third-order valence-electron chi connectivity index (χ3n) is 10.9. The van der Waals surface area contributed by atoms with Crippen LogP contribution in [0.2, 0.25) is 0 Å². The van der Waals surface area contributed by atoms with E-state index in [0.29, 0.717) is 16.6 Å². The molecule has 0 bridgehead atoms. The van der Waals surface area contributed by atoms with E-state index in [4.69, 9.17) is 9.97 Å². The zero-order valence-corrected chi connectivity index (χ0v) is 29.9. The predicted molar refractivity (Wildman–Crippen MR) is 194 cm³/mol. The number of likely N-dealkylation sites (tertiary alicyclic amines) is 1. The van der Waals surface area contributed by atoms with Gasteiger partial charge in [0.2, 0.25) is 5.91 Å². The summed E-state index contributed by atoms with van der Waals surface area (Å²) in [7, 11) is 0. The van der Waals surface area contributed by atoms with E-state index in [2.05, 4.69) is 32.2 Å². The number of nitrogens with one attached hydrogen (secondary N) is 1. The smallest absolute Gasteiger partial charge is 0.310 e. The van der Waals surface area contributed by atoms with Crippen LogP contribution in [0.15, 0.2) is 54.9 Å². The molecule has 2 amide bonds. The minimum Gasteiger partial charge on any atom is -0.481 e. The summed E-state index contributed by atoms with van der Waals surface area (Å²) in [6.45, 7) is 6.77. The van der Waals surface area contributed by atoms with Crippen LogP contribution in [-0.2, 0) is 16.0 Å². The van der Waals surface area contributed by atoms with Crippen molar-refractivity contribution in [3.8, 4) is 11.4 Å². The number of thiophene rings is 1. The quantitative estimate of drug-likeness (QED) is 0.200. The topological polar surface area (TPSA) is 112 Å². The Labute approximate surface area is 294 Å². The lowest BCUT2D eigenvalue weighted by Gasteiger charge is -2.38. The summed E-state index contributed by atoms with van der Waals surface area (Å²) in [5.74, 6) is 1.57. The van der Waals surface area contributed by atoms with Crippen LogP contribution in [-0.4, -0.2) is 56.9 Å². The number of rotatable bonds is 12. The number of benzene rings is 1. The van der Waals surface area contributed by atoms with E-state index in [9.17, 15) is 19.5 Å². The van der Waals surface area contributed by atoms with Crippen molar-refractivity contribution in [3.63, 3.8) is 0 Å². The minimum atomic E-state index is -0.908. The zero-order valence-electron chi connectivity index (χ0n) is 29.1. The minimum absolute atomic E-state index is 0.154. The average molecular weight is 683 g/mol. The second kappa shape index (κ2) is 15.8. The molecule has 2 N–H and O–H groups in total. The van der Waals surface area contributed by atoms with Gasteiger partial charge in [-0.1, -0.05) is 76.8 Å². The van der Waals surface area contributed by atoms with Gasteiger partial charge in [0.15, 0.2) is 5.82 Å². The molecule has 1 unspecified atom stereocenters. The first-order valence-corrected chi connectivity index (χ1v) is 19.0. The third kappa shape index (κ3) is 8.48. The zero-order chi connectivity index (χ0) is 34.5. The Bertz CT molecular complexity index is 1630. The number of hydrogen-bond donors (Lipinski definition) is 2. The molecule has 9 heteroatoms. The fraction of sp³-hybridized carbons (Fsp3) is 0.525. The van der Waals surface area contributed by atoms with E-state index >= 15 is 0 Å². The van der Waals surface area contributed by atoms with Crippen molar-refractivity contribution in [3.05, 3.63) is 75.7 Å². The van der Waals surface area contributed by atoms with Crippen LogP contribution in [0.3, 0.4) is 0 Å². The van der Waals surface area contributed by atoms with E-state index in [0.717, 1.165) is 52.2 Å². The van der Waals surface area contributed by atoms with Crippen molar-refractivity contribution in [1.29, 1.82) is 0 Å². The molecule has 8 nitrogen and oxygen atoms in total. The van der Waals surface area contributed by atoms with E-state index in [1.807, 2.05) is 42.7 Å². The molecule has 0 radical (unpaired) electrons. The molecule has 0 spiro atoms. The molecule has 2 fully saturated rings. The summed E-state index contributed by atoms with van der Waals surface area (Å²) >= 11 is 1.43. The van der Waals surface area contributed by atoms with Crippen molar-refractivity contribution in [2.45, 2.75) is 96.9 Å². The molecule has 3 aromatic rings. The number of carboxylic acid groups (broad SMARTS) is 1. The van der Waals surface area contributed by atoms with Gasteiger partial charge in [0.1, 0.15) is 6.04 Å². The van der Waals surface area contributed by atoms with Gasteiger partial charge in [-0.15, -0.1) is 11.3 Å². The highest BCUT2D eigenvalue weighted by atomic mass is 32.1. The molecule has 1 saturated heterocycles. The van der Waals surface area contributed by atoms with Crippen molar-refractivity contribution < 1.29 is 19.5 Å². The monoisotopic (exact) mass is 682 g/mol. The van der Waals surface area contributed by atoms with Gasteiger partial charge >= 0.3 is 5.97 Å². The molecule has 2 atom stereocenters. The lowest BCUT2D eigenvalue weighted by Crippen LogP contribution is -2.59. The fourth-order valence-corrected chi connectivity index (χ4v) is 8.73. The summed E-state index contributed by atoms with van der Waals surface area (Å²) in [5.41, 5.74) is 4.22. The molecular weight excluding hydrogens is 633 g/mol. The molecular formula is C40H50N4O4S. The lowest BCUT2D eigenvalue weighted by molar-refractivity contribution is -0.153. The van der Waals surface area contributed by atoms with Crippen molar-refractivity contribution in [1.82, 2.24) is 20.2 Å². The number of aliphatic carboxylic acids is 1. The van der Waals surface area contributed by atoms with Gasteiger partial charge in [-0.3, -0.25) is 14.4 Å². The van der Waals surface area contributed by atoms with Gasteiger partial charge in [0, 0.05) is 47.9 Å². The molecule has 2 aliphatic carbocycles. The first-order chi connectivity index (χ1) is 23.7.